The predicted octanol–water partition coefficient (Wildman–Crippen LogP) is 3.05. The maximum absolute atomic E-state index is 12.0. The SMILES string of the molecule is Cc1ccc(N(C)/N=C/c2cc(-c3cc4c([nH]3)CCNC4=O)ccn2)c([N+](=O)[O-])c1. The summed E-state index contributed by atoms with van der Waals surface area (Å²) in [7, 11) is 1.65. The van der Waals surface area contributed by atoms with E-state index in [2.05, 4.69) is 20.4 Å². The molecule has 0 fully saturated rings. The largest absolute Gasteiger partial charge is 0.358 e. The molecule has 0 radical (unpaired) electrons. The molecule has 1 aliphatic rings. The zero-order valence-corrected chi connectivity index (χ0v) is 16.5. The summed E-state index contributed by atoms with van der Waals surface area (Å²) in [4.78, 5) is 30.5. The van der Waals surface area contributed by atoms with Crippen molar-refractivity contribution in [1.29, 1.82) is 0 Å². The van der Waals surface area contributed by atoms with Crippen LogP contribution in [0.1, 0.15) is 27.3 Å². The Kier molecular flexibility index (Phi) is 5.01. The van der Waals surface area contributed by atoms with Crippen LogP contribution >= 0.6 is 0 Å². The number of nitrogens with one attached hydrogen (secondary N) is 2. The highest BCUT2D eigenvalue weighted by Gasteiger charge is 2.20. The second kappa shape index (κ2) is 7.78. The van der Waals surface area contributed by atoms with E-state index in [4.69, 9.17) is 0 Å². The van der Waals surface area contributed by atoms with Crippen LogP contribution < -0.4 is 10.3 Å². The third-order valence-corrected chi connectivity index (χ3v) is 4.94. The van der Waals surface area contributed by atoms with Crippen molar-refractivity contribution in [3.63, 3.8) is 0 Å². The average Bonchev–Trinajstić information content (AvgIpc) is 3.18. The van der Waals surface area contributed by atoms with E-state index in [9.17, 15) is 14.9 Å². The van der Waals surface area contributed by atoms with Gasteiger partial charge in [0.05, 0.1) is 22.4 Å². The summed E-state index contributed by atoms with van der Waals surface area (Å²) in [6.45, 7) is 2.43. The van der Waals surface area contributed by atoms with Gasteiger partial charge in [-0.2, -0.15) is 5.10 Å². The quantitative estimate of drug-likeness (QED) is 0.385. The number of aromatic nitrogens is 2. The molecule has 9 heteroatoms. The Bertz CT molecular complexity index is 1170. The second-order valence-corrected chi connectivity index (χ2v) is 7.07. The number of hydrazone groups is 1. The van der Waals surface area contributed by atoms with Crippen LogP contribution in [-0.2, 0) is 6.42 Å². The number of H-pyrrole nitrogens is 1. The molecule has 3 heterocycles. The maximum Gasteiger partial charge on any atom is 0.294 e. The Labute approximate surface area is 172 Å². The number of carbonyl (C=O) groups excluding carboxylic acids is 1. The minimum absolute atomic E-state index is 0.00778. The van der Waals surface area contributed by atoms with Crippen molar-refractivity contribution in [2.24, 2.45) is 5.10 Å². The first-order chi connectivity index (χ1) is 14.4. The summed E-state index contributed by atoms with van der Waals surface area (Å²) in [5.74, 6) is -0.0732. The molecule has 0 unspecified atom stereocenters. The lowest BCUT2D eigenvalue weighted by atomic mass is 10.1. The van der Waals surface area contributed by atoms with Crippen LogP contribution in [0, 0.1) is 17.0 Å². The number of nitrogens with zero attached hydrogens (tertiary/aromatic N) is 4. The number of fused-ring (bicyclic) bond motifs is 1. The molecule has 0 atom stereocenters. The van der Waals surface area contributed by atoms with Gasteiger partial charge in [0.2, 0.25) is 0 Å². The van der Waals surface area contributed by atoms with E-state index < -0.39 is 4.92 Å². The fourth-order valence-corrected chi connectivity index (χ4v) is 3.40. The number of nitro groups is 1. The first kappa shape index (κ1) is 19.3. The lowest BCUT2D eigenvalue weighted by Crippen LogP contribution is -2.31. The summed E-state index contributed by atoms with van der Waals surface area (Å²) in [6.07, 6.45) is 3.97. The van der Waals surface area contributed by atoms with Crippen molar-refractivity contribution in [3.05, 3.63) is 75.2 Å². The van der Waals surface area contributed by atoms with Crippen LogP contribution in [0.15, 0.2) is 47.7 Å². The normalized spacial score (nSPS) is 13.2. The summed E-state index contributed by atoms with van der Waals surface area (Å²) < 4.78 is 0. The van der Waals surface area contributed by atoms with Crippen LogP contribution in [-0.4, -0.2) is 40.6 Å². The molecule has 9 nitrogen and oxygen atoms in total. The van der Waals surface area contributed by atoms with Gasteiger partial charge in [0.15, 0.2) is 0 Å². The molecule has 0 aliphatic carbocycles. The number of pyridine rings is 1. The van der Waals surface area contributed by atoms with Gasteiger partial charge in [-0.15, -0.1) is 0 Å². The van der Waals surface area contributed by atoms with E-state index >= 15 is 0 Å². The molecule has 3 aromatic rings. The van der Waals surface area contributed by atoms with Crippen LogP contribution in [0.4, 0.5) is 11.4 Å². The van der Waals surface area contributed by atoms with Gasteiger partial charge in [-0.25, -0.2) is 0 Å². The number of anilines is 1. The highest BCUT2D eigenvalue weighted by Crippen LogP contribution is 2.28. The molecule has 152 valence electrons. The molecule has 0 saturated carbocycles. The van der Waals surface area contributed by atoms with E-state index in [0.29, 0.717) is 23.5 Å². The van der Waals surface area contributed by atoms with Gasteiger partial charge < -0.3 is 10.3 Å². The van der Waals surface area contributed by atoms with Gasteiger partial charge in [0, 0.05) is 49.2 Å². The summed E-state index contributed by atoms with van der Waals surface area (Å²) in [5, 5.41) is 19.9. The van der Waals surface area contributed by atoms with E-state index in [1.807, 2.05) is 18.2 Å². The highest BCUT2D eigenvalue weighted by atomic mass is 16.6. The average molecular weight is 404 g/mol. The van der Waals surface area contributed by atoms with Gasteiger partial charge in [0.25, 0.3) is 11.6 Å². The van der Waals surface area contributed by atoms with Crippen LogP contribution in [0.3, 0.4) is 0 Å². The fourth-order valence-electron chi connectivity index (χ4n) is 3.40. The second-order valence-electron chi connectivity index (χ2n) is 7.07. The molecule has 1 aliphatic heterocycles. The fraction of sp³-hybridized carbons (Fsp3) is 0.190. The number of rotatable bonds is 5. The van der Waals surface area contributed by atoms with Crippen molar-refractivity contribution >= 4 is 23.5 Å². The number of aryl methyl sites for hydroxylation is 1. The number of amides is 1. The molecular weight excluding hydrogens is 384 g/mol. The first-order valence-corrected chi connectivity index (χ1v) is 9.41. The van der Waals surface area contributed by atoms with E-state index in [-0.39, 0.29) is 11.6 Å². The Morgan fingerprint density at radius 3 is 2.87 bits per heavy atom. The summed E-state index contributed by atoms with van der Waals surface area (Å²) in [5.41, 5.74) is 5.06. The lowest BCUT2D eigenvalue weighted by molar-refractivity contribution is -0.384. The molecule has 0 saturated heterocycles. The molecule has 30 heavy (non-hydrogen) atoms. The number of carbonyl (C=O) groups is 1. The first-order valence-electron chi connectivity index (χ1n) is 9.41. The Hall–Kier alpha value is -4.01. The van der Waals surface area contributed by atoms with Crippen LogP contribution in [0.25, 0.3) is 11.3 Å². The van der Waals surface area contributed by atoms with E-state index in [1.54, 1.807) is 38.5 Å². The van der Waals surface area contributed by atoms with Crippen molar-refractivity contribution in [2.75, 3.05) is 18.6 Å². The van der Waals surface area contributed by atoms with Crippen molar-refractivity contribution in [1.82, 2.24) is 15.3 Å². The van der Waals surface area contributed by atoms with Gasteiger partial charge in [0.1, 0.15) is 5.69 Å². The summed E-state index contributed by atoms with van der Waals surface area (Å²) >= 11 is 0. The lowest BCUT2D eigenvalue weighted by Gasteiger charge is -2.13. The molecule has 1 aromatic carbocycles. The standard InChI is InChI=1S/C21H20N6O3/c1-13-3-4-19(20(9-13)27(29)30)26(2)24-12-15-10-14(5-7-22-15)18-11-16-17(25-18)6-8-23-21(16)28/h3-5,7,9-12,25H,6,8H2,1-2H3,(H,23,28)/b24-12+. The van der Waals surface area contributed by atoms with E-state index in [1.165, 1.54) is 11.1 Å². The van der Waals surface area contributed by atoms with Gasteiger partial charge in [-0.3, -0.25) is 24.9 Å². The molecule has 1 amide bonds. The maximum atomic E-state index is 12.0. The smallest absolute Gasteiger partial charge is 0.294 e. The van der Waals surface area contributed by atoms with E-state index in [0.717, 1.165) is 28.9 Å². The molecule has 2 aromatic heterocycles. The Balaban J connectivity index is 1.59. The number of benzene rings is 1. The molecule has 4 rings (SSSR count). The minimum Gasteiger partial charge on any atom is -0.358 e. The Morgan fingerprint density at radius 1 is 1.27 bits per heavy atom. The molecule has 0 spiro atoms. The van der Waals surface area contributed by atoms with Crippen LogP contribution in [0.2, 0.25) is 0 Å². The topological polar surface area (TPSA) is 117 Å². The van der Waals surface area contributed by atoms with Crippen molar-refractivity contribution in [2.45, 2.75) is 13.3 Å². The highest BCUT2D eigenvalue weighted by molar-refractivity contribution is 5.97. The van der Waals surface area contributed by atoms with Gasteiger partial charge >= 0.3 is 0 Å². The summed E-state index contributed by atoms with van der Waals surface area (Å²) in [6, 6.07) is 10.5. The zero-order valence-electron chi connectivity index (χ0n) is 16.5. The molecule has 2 N–H and O–H groups in total. The predicted molar refractivity (Wildman–Crippen MR) is 114 cm³/mol. The third kappa shape index (κ3) is 3.77. The monoisotopic (exact) mass is 404 g/mol. The number of aromatic amines is 1. The van der Waals surface area contributed by atoms with Crippen molar-refractivity contribution in [3.8, 4) is 11.3 Å². The van der Waals surface area contributed by atoms with Gasteiger partial charge in [-0.1, -0.05) is 6.07 Å². The van der Waals surface area contributed by atoms with Gasteiger partial charge in [-0.05, 0) is 36.8 Å². The molecule has 0 bridgehead atoms. The minimum atomic E-state index is -0.420. The van der Waals surface area contributed by atoms with Crippen molar-refractivity contribution < 1.29 is 9.72 Å². The Morgan fingerprint density at radius 2 is 2.10 bits per heavy atom. The van der Waals surface area contributed by atoms with Crippen LogP contribution in [0.5, 0.6) is 0 Å². The number of hydrogen-bond donors (Lipinski definition) is 2. The number of nitro benzene ring substituents is 1. The number of hydrogen-bond acceptors (Lipinski definition) is 6. The molecular formula is C21H20N6O3. The third-order valence-electron chi connectivity index (χ3n) is 4.94. The zero-order chi connectivity index (χ0) is 21.3.